The van der Waals surface area contributed by atoms with E-state index in [1.165, 1.54) is 0 Å². The minimum absolute atomic E-state index is 0.0744. The predicted molar refractivity (Wildman–Crippen MR) is 61.2 cm³/mol. The van der Waals surface area contributed by atoms with E-state index in [1.54, 1.807) is 14.0 Å². The summed E-state index contributed by atoms with van der Waals surface area (Å²) in [5.41, 5.74) is 0. The van der Waals surface area contributed by atoms with Crippen LogP contribution in [-0.4, -0.2) is 41.8 Å². The zero-order valence-electron chi connectivity index (χ0n) is 10.7. The molecule has 1 atom stereocenters. The maximum absolute atomic E-state index is 12.5. The lowest BCUT2D eigenvalue weighted by Crippen LogP contribution is -2.41. The molecule has 106 valence electrons. The van der Waals surface area contributed by atoms with Crippen LogP contribution < -0.4 is 0 Å². The lowest BCUT2D eigenvalue weighted by molar-refractivity contribution is -0.184. The van der Waals surface area contributed by atoms with Crippen molar-refractivity contribution in [3.63, 3.8) is 0 Å². The second-order valence-corrected chi connectivity index (χ2v) is 5.23. The molecule has 0 spiro atoms. The Morgan fingerprint density at radius 2 is 1.83 bits per heavy atom. The van der Waals surface area contributed by atoms with Crippen molar-refractivity contribution >= 4 is 5.97 Å². The molecule has 1 N–H and O–H groups in total. The molecule has 0 radical (unpaired) electrons. The van der Waals surface area contributed by atoms with Crippen LogP contribution in [0.25, 0.3) is 0 Å². The molecule has 0 heterocycles. The SMILES string of the molecule is CC(CN(C)C1CCC(C(F)(F)F)CC1)C(=O)O. The summed E-state index contributed by atoms with van der Waals surface area (Å²) in [5.74, 6) is -2.54. The normalized spacial score (nSPS) is 27.2. The van der Waals surface area contributed by atoms with E-state index in [-0.39, 0.29) is 18.9 Å². The maximum Gasteiger partial charge on any atom is 0.391 e. The van der Waals surface area contributed by atoms with Gasteiger partial charge in [0.2, 0.25) is 0 Å². The molecule has 1 saturated carbocycles. The van der Waals surface area contributed by atoms with Gasteiger partial charge in [0.05, 0.1) is 11.8 Å². The van der Waals surface area contributed by atoms with Gasteiger partial charge in [0.15, 0.2) is 0 Å². The number of carboxylic acids is 1. The Kier molecular flexibility index (Phi) is 5.01. The Morgan fingerprint density at radius 3 is 2.22 bits per heavy atom. The zero-order chi connectivity index (χ0) is 13.9. The van der Waals surface area contributed by atoms with E-state index >= 15 is 0 Å². The van der Waals surface area contributed by atoms with E-state index in [1.807, 2.05) is 4.90 Å². The highest BCUT2D eigenvalue weighted by atomic mass is 19.4. The van der Waals surface area contributed by atoms with Crippen LogP contribution in [0.4, 0.5) is 13.2 Å². The highest BCUT2D eigenvalue weighted by Crippen LogP contribution is 2.38. The quantitative estimate of drug-likeness (QED) is 0.851. The van der Waals surface area contributed by atoms with Crippen molar-refractivity contribution in [2.75, 3.05) is 13.6 Å². The fourth-order valence-electron chi connectivity index (χ4n) is 2.50. The Morgan fingerprint density at radius 1 is 1.33 bits per heavy atom. The molecule has 0 bridgehead atoms. The van der Waals surface area contributed by atoms with Crippen LogP contribution in [0.1, 0.15) is 32.6 Å². The standard InChI is InChI=1S/C12H20F3NO2/c1-8(11(17)18)7-16(2)10-5-3-9(4-6-10)12(13,14)15/h8-10H,3-7H2,1-2H3,(H,17,18). The second kappa shape index (κ2) is 5.91. The van der Waals surface area contributed by atoms with Gasteiger partial charge < -0.3 is 10.0 Å². The molecular weight excluding hydrogens is 247 g/mol. The summed E-state index contributed by atoms with van der Waals surface area (Å²) in [7, 11) is 1.79. The van der Waals surface area contributed by atoms with Gasteiger partial charge in [-0.25, -0.2) is 0 Å². The molecule has 1 fully saturated rings. The van der Waals surface area contributed by atoms with E-state index in [0.717, 1.165) is 0 Å². The molecular formula is C12H20F3NO2. The van der Waals surface area contributed by atoms with E-state index in [9.17, 15) is 18.0 Å². The van der Waals surface area contributed by atoms with Crippen molar-refractivity contribution in [1.82, 2.24) is 4.90 Å². The number of aliphatic carboxylic acids is 1. The van der Waals surface area contributed by atoms with Crippen molar-refractivity contribution in [3.8, 4) is 0 Å². The number of hydrogen-bond acceptors (Lipinski definition) is 2. The monoisotopic (exact) mass is 267 g/mol. The summed E-state index contributed by atoms with van der Waals surface area (Å²) in [6, 6.07) is 0.0744. The van der Waals surface area contributed by atoms with Crippen molar-refractivity contribution < 1.29 is 23.1 Å². The first-order valence-electron chi connectivity index (χ1n) is 6.21. The molecule has 0 aromatic rings. The van der Waals surface area contributed by atoms with E-state index < -0.39 is 24.0 Å². The summed E-state index contributed by atoms with van der Waals surface area (Å²) in [6.07, 6.45) is -2.79. The number of rotatable bonds is 4. The molecule has 1 rings (SSSR count). The Bertz CT molecular complexity index is 286. The molecule has 3 nitrogen and oxygen atoms in total. The summed E-state index contributed by atoms with van der Waals surface area (Å²) < 4.78 is 37.5. The van der Waals surface area contributed by atoms with Gasteiger partial charge in [0.1, 0.15) is 0 Å². The summed E-state index contributed by atoms with van der Waals surface area (Å²) >= 11 is 0. The first-order chi connectivity index (χ1) is 8.21. The average molecular weight is 267 g/mol. The molecule has 1 unspecified atom stereocenters. The van der Waals surface area contributed by atoms with Gasteiger partial charge in [-0.15, -0.1) is 0 Å². The summed E-state index contributed by atoms with van der Waals surface area (Å²) in [5, 5.41) is 8.80. The lowest BCUT2D eigenvalue weighted by Gasteiger charge is -2.35. The van der Waals surface area contributed by atoms with Crippen LogP contribution in [0, 0.1) is 11.8 Å². The summed E-state index contributed by atoms with van der Waals surface area (Å²) in [4.78, 5) is 12.6. The minimum Gasteiger partial charge on any atom is -0.481 e. The lowest BCUT2D eigenvalue weighted by atomic mass is 9.85. The third-order valence-corrected chi connectivity index (χ3v) is 3.77. The highest BCUT2D eigenvalue weighted by molar-refractivity contribution is 5.69. The molecule has 0 aromatic heterocycles. The van der Waals surface area contributed by atoms with E-state index in [0.29, 0.717) is 19.4 Å². The maximum atomic E-state index is 12.5. The molecule has 1 aliphatic carbocycles. The number of hydrogen-bond donors (Lipinski definition) is 1. The van der Waals surface area contributed by atoms with Gasteiger partial charge in [-0.05, 0) is 32.7 Å². The smallest absolute Gasteiger partial charge is 0.391 e. The van der Waals surface area contributed by atoms with Gasteiger partial charge in [-0.1, -0.05) is 6.92 Å². The highest BCUT2D eigenvalue weighted by Gasteiger charge is 2.41. The van der Waals surface area contributed by atoms with Gasteiger partial charge in [0.25, 0.3) is 0 Å². The number of nitrogens with zero attached hydrogens (tertiary/aromatic N) is 1. The van der Waals surface area contributed by atoms with Gasteiger partial charge in [0, 0.05) is 12.6 Å². The minimum atomic E-state index is -4.09. The Labute approximate surface area is 105 Å². The van der Waals surface area contributed by atoms with Crippen LogP contribution in [0.3, 0.4) is 0 Å². The van der Waals surface area contributed by atoms with Crippen LogP contribution in [0.15, 0.2) is 0 Å². The fourth-order valence-corrected chi connectivity index (χ4v) is 2.50. The number of halogens is 3. The largest absolute Gasteiger partial charge is 0.481 e. The Hall–Kier alpha value is -0.780. The van der Waals surface area contributed by atoms with Crippen LogP contribution in [-0.2, 0) is 4.79 Å². The third kappa shape index (κ3) is 4.15. The zero-order valence-corrected chi connectivity index (χ0v) is 10.7. The molecule has 0 aromatic carbocycles. The number of carboxylic acid groups (broad SMARTS) is 1. The summed E-state index contributed by atoms with van der Waals surface area (Å²) in [6.45, 7) is 2.00. The van der Waals surface area contributed by atoms with Crippen LogP contribution in [0.5, 0.6) is 0 Å². The molecule has 0 amide bonds. The first kappa shape index (κ1) is 15.3. The molecule has 0 aliphatic heterocycles. The van der Waals surface area contributed by atoms with Crippen molar-refractivity contribution in [2.24, 2.45) is 11.8 Å². The second-order valence-electron chi connectivity index (χ2n) is 5.23. The fraction of sp³-hybridized carbons (Fsp3) is 0.917. The number of alkyl halides is 3. The van der Waals surface area contributed by atoms with Crippen molar-refractivity contribution in [3.05, 3.63) is 0 Å². The molecule has 0 saturated heterocycles. The van der Waals surface area contributed by atoms with Crippen molar-refractivity contribution in [2.45, 2.75) is 44.8 Å². The average Bonchev–Trinajstić information content (AvgIpc) is 2.27. The predicted octanol–water partition coefficient (Wildman–Crippen LogP) is 2.76. The Balaban J connectivity index is 2.41. The molecule has 1 aliphatic rings. The van der Waals surface area contributed by atoms with Gasteiger partial charge in [-0.2, -0.15) is 13.2 Å². The topological polar surface area (TPSA) is 40.5 Å². The molecule has 18 heavy (non-hydrogen) atoms. The third-order valence-electron chi connectivity index (χ3n) is 3.77. The molecule has 6 heteroatoms. The van der Waals surface area contributed by atoms with Crippen LogP contribution in [0.2, 0.25) is 0 Å². The first-order valence-corrected chi connectivity index (χ1v) is 6.21. The van der Waals surface area contributed by atoms with Crippen molar-refractivity contribution in [1.29, 1.82) is 0 Å². The van der Waals surface area contributed by atoms with Gasteiger partial charge >= 0.3 is 12.1 Å². The van der Waals surface area contributed by atoms with E-state index in [2.05, 4.69) is 0 Å². The van der Waals surface area contributed by atoms with Crippen LogP contribution >= 0.6 is 0 Å². The number of carbonyl (C=O) groups is 1. The van der Waals surface area contributed by atoms with Gasteiger partial charge in [-0.3, -0.25) is 4.79 Å². The van der Waals surface area contributed by atoms with E-state index in [4.69, 9.17) is 5.11 Å².